The Morgan fingerprint density at radius 1 is 0.810 bits per heavy atom. The molecule has 0 saturated carbocycles. The van der Waals surface area contributed by atoms with E-state index in [0.717, 1.165) is 45.4 Å². The minimum Gasteiger partial charge on any atom is -0.491 e. The third-order valence-electron chi connectivity index (χ3n) is 7.66. The maximum absolute atomic E-state index is 13.5. The number of ether oxygens (including phenoxy) is 1. The Kier molecular flexibility index (Phi) is 10.6. The number of carbonyl (C=O) groups is 3. The number of likely N-dealkylation sites (N-methyl/N-ethyl adjacent to an activating group) is 1. The molecule has 0 radical (unpaired) electrons. The number of carbonyl (C=O) groups excluding carboxylic acids is 3. The number of nitrogens with two attached hydrogens (primary N) is 1. The number of para-hydroxylation sites is 2. The van der Waals surface area contributed by atoms with Crippen LogP contribution in [0.25, 0.3) is 0 Å². The van der Waals surface area contributed by atoms with Gasteiger partial charge >= 0.3 is 0 Å². The van der Waals surface area contributed by atoms with Gasteiger partial charge in [0.05, 0.1) is 17.9 Å². The Bertz CT molecular complexity index is 1370. The van der Waals surface area contributed by atoms with Gasteiger partial charge in [-0.1, -0.05) is 30.3 Å². The van der Waals surface area contributed by atoms with Gasteiger partial charge < -0.3 is 30.1 Å². The van der Waals surface area contributed by atoms with Crippen LogP contribution in [0.2, 0.25) is 0 Å². The lowest BCUT2D eigenvalue weighted by molar-refractivity contribution is -0.132. The minimum atomic E-state index is -0.283. The molecule has 0 aliphatic carbocycles. The van der Waals surface area contributed by atoms with E-state index in [2.05, 4.69) is 11.9 Å². The van der Waals surface area contributed by atoms with Gasteiger partial charge in [0.25, 0.3) is 11.8 Å². The van der Waals surface area contributed by atoms with Crippen molar-refractivity contribution in [3.63, 3.8) is 0 Å². The molecule has 1 fully saturated rings. The molecule has 0 atom stereocenters. The van der Waals surface area contributed by atoms with Crippen molar-refractivity contribution in [2.24, 2.45) is 0 Å². The van der Waals surface area contributed by atoms with Crippen molar-refractivity contribution < 1.29 is 19.1 Å². The van der Waals surface area contributed by atoms with Crippen molar-refractivity contribution in [2.75, 3.05) is 69.5 Å². The fraction of sp³-hybridized carbons (Fsp3) is 0.364. The first-order chi connectivity index (χ1) is 20.3. The van der Waals surface area contributed by atoms with Crippen LogP contribution in [0.4, 0.5) is 17.1 Å². The first kappa shape index (κ1) is 30.6. The van der Waals surface area contributed by atoms with Gasteiger partial charge in [-0.25, -0.2) is 0 Å². The van der Waals surface area contributed by atoms with Gasteiger partial charge in [-0.05, 0) is 68.8 Å². The van der Waals surface area contributed by atoms with E-state index >= 15 is 0 Å². The molecule has 4 rings (SSSR count). The predicted octanol–water partition coefficient (Wildman–Crippen LogP) is 4.54. The molecule has 42 heavy (non-hydrogen) atoms. The smallest absolute Gasteiger partial charge is 0.260 e. The summed E-state index contributed by atoms with van der Waals surface area (Å²) in [6.07, 6.45) is 3.09. The molecule has 2 N–H and O–H groups in total. The van der Waals surface area contributed by atoms with Crippen molar-refractivity contribution in [1.29, 1.82) is 0 Å². The molecule has 9 nitrogen and oxygen atoms in total. The second kappa shape index (κ2) is 14.5. The highest BCUT2D eigenvalue weighted by Gasteiger charge is 2.22. The molecule has 0 aromatic heterocycles. The third-order valence-corrected chi connectivity index (χ3v) is 7.66. The molecule has 0 spiro atoms. The van der Waals surface area contributed by atoms with E-state index in [-0.39, 0.29) is 23.4 Å². The zero-order chi connectivity index (χ0) is 30.1. The van der Waals surface area contributed by atoms with Crippen molar-refractivity contribution in [2.45, 2.75) is 25.7 Å². The summed E-state index contributed by atoms with van der Waals surface area (Å²) in [5.41, 5.74) is 8.71. The summed E-state index contributed by atoms with van der Waals surface area (Å²) in [5.74, 6) is 0.384. The van der Waals surface area contributed by atoms with Gasteiger partial charge in [0.2, 0.25) is 5.91 Å². The lowest BCUT2D eigenvalue weighted by Gasteiger charge is -2.32. The number of nitrogen functional groups attached to an aromatic ring is 1. The van der Waals surface area contributed by atoms with Crippen molar-refractivity contribution >= 4 is 34.8 Å². The van der Waals surface area contributed by atoms with Crippen LogP contribution in [0.5, 0.6) is 5.75 Å². The number of benzene rings is 3. The summed E-state index contributed by atoms with van der Waals surface area (Å²) in [7, 11) is 5.45. The maximum Gasteiger partial charge on any atom is 0.260 e. The summed E-state index contributed by atoms with van der Waals surface area (Å²) >= 11 is 0. The lowest BCUT2D eigenvalue weighted by Crippen LogP contribution is -2.47. The molecule has 1 saturated heterocycles. The van der Waals surface area contributed by atoms with Crippen LogP contribution in [0.1, 0.15) is 46.4 Å². The van der Waals surface area contributed by atoms with Crippen LogP contribution >= 0.6 is 0 Å². The van der Waals surface area contributed by atoms with Gasteiger partial charge in [-0.3, -0.25) is 14.4 Å². The fourth-order valence-corrected chi connectivity index (χ4v) is 4.94. The van der Waals surface area contributed by atoms with Crippen LogP contribution in [-0.4, -0.2) is 81.5 Å². The number of anilines is 3. The molecule has 3 aromatic rings. The molecule has 3 amide bonds. The Labute approximate surface area is 248 Å². The lowest BCUT2D eigenvalue weighted by atomic mass is 10.1. The van der Waals surface area contributed by atoms with E-state index in [1.54, 1.807) is 44.4 Å². The predicted molar refractivity (Wildman–Crippen MR) is 167 cm³/mol. The van der Waals surface area contributed by atoms with Crippen molar-refractivity contribution in [3.05, 3.63) is 83.9 Å². The largest absolute Gasteiger partial charge is 0.491 e. The molecular formula is C33H41N5O4. The van der Waals surface area contributed by atoms with E-state index in [0.29, 0.717) is 41.3 Å². The monoisotopic (exact) mass is 571 g/mol. The second-order valence-electron chi connectivity index (χ2n) is 10.7. The van der Waals surface area contributed by atoms with Gasteiger partial charge in [-0.2, -0.15) is 0 Å². The minimum absolute atomic E-state index is 0.168. The highest BCUT2D eigenvalue weighted by molar-refractivity contribution is 6.11. The SMILES string of the molecule is CN1CCN(C(=O)CCCCCOc2ccccc2N(C)C(=O)c2ccc(N(C)C(=O)c3ccccc3)cc2N)CC1. The molecule has 1 aliphatic rings. The van der Waals surface area contributed by atoms with E-state index in [1.165, 1.54) is 9.80 Å². The average molecular weight is 572 g/mol. The first-order valence-corrected chi connectivity index (χ1v) is 14.4. The van der Waals surface area contributed by atoms with E-state index < -0.39 is 0 Å². The number of hydrogen-bond donors (Lipinski definition) is 1. The summed E-state index contributed by atoms with van der Waals surface area (Å²) in [6, 6.07) is 21.4. The van der Waals surface area contributed by atoms with Gasteiger partial charge in [-0.15, -0.1) is 0 Å². The molecule has 0 bridgehead atoms. The van der Waals surface area contributed by atoms with Gasteiger partial charge in [0.1, 0.15) is 5.75 Å². The molecule has 222 valence electrons. The summed E-state index contributed by atoms with van der Waals surface area (Å²) in [6.45, 7) is 3.97. The Hall–Kier alpha value is -4.37. The quantitative estimate of drug-likeness (QED) is 0.268. The van der Waals surface area contributed by atoms with Crippen molar-refractivity contribution in [1.82, 2.24) is 9.80 Å². The Morgan fingerprint density at radius 3 is 2.21 bits per heavy atom. The van der Waals surface area contributed by atoms with Crippen LogP contribution in [0, 0.1) is 0 Å². The molecule has 3 aromatic carbocycles. The fourth-order valence-electron chi connectivity index (χ4n) is 4.94. The molecule has 0 unspecified atom stereocenters. The number of piperazine rings is 1. The number of unbranched alkanes of at least 4 members (excludes halogenated alkanes) is 2. The topological polar surface area (TPSA) is 99.4 Å². The van der Waals surface area contributed by atoms with Crippen LogP contribution in [0.3, 0.4) is 0 Å². The van der Waals surface area contributed by atoms with Crippen LogP contribution in [0.15, 0.2) is 72.8 Å². The number of amides is 3. The molecule has 1 heterocycles. The number of hydrogen-bond acceptors (Lipinski definition) is 6. The number of nitrogens with zero attached hydrogens (tertiary/aromatic N) is 4. The zero-order valence-electron chi connectivity index (χ0n) is 24.8. The first-order valence-electron chi connectivity index (χ1n) is 14.4. The molecular weight excluding hydrogens is 530 g/mol. The van der Waals surface area contributed by atoms with Crippen molar-refractivity contribution in [3.8, 4) is 5.75 Å². The van der Waals surface area contributed by atoms with E-state index in [4.69, 9.17) is 10.5 Å². The van der Waals surface area contributed by atoms with Crippen LogP contribution < -0.4 is 20.3 Å². The maximum atomic E-state index is 13.5. The zero-order valence-corrected chi connectivity index (χ0v) is 24.8. The second-order valence-corrected chi connectivity index (χ2v) is 10.7. The van der Waals surface area contributed by atoms with Crippen LogP contribution in [-0.2, 0) is 4.79 Å². The summed E-state index contributed by atoms with van der Waals surface area (Å²) in [5, 5.41) is 0. The highest BCUT2D eigenvalue weighted by Crippen LogP contribution is 2.30. The third kappa shape index (κ3) is 7.67. The Balaban J connectivity index is 1.30. The summed E-state index contributed by atoms with van der Waals surface area (Å²) < 4.78 is 6.06. The molecule has 9 heteroatoms. The average Bonchev–Trinajstić information content (AvgIpc) is 3.02. The van der Waals surface area contributed by atoms with E-state index in [9.17, 15) is 14.4 Å². The van der Waals surface area contributed by atoms with Gasteiger partial charge in [0, 0.05) is 63.6 Å². The summed E-state index contributed by atoms with van der Waals surface area (Å²) in [4.78, 5) is 46.0. The normalized spacial score (nSPS) is 13.5. The molecule has 1 aliphatic heterocycles. The Morgan fingerprint density at radius 2 is 1.50 bits per heavy atom. The van der Waals surface area contributed by atoms with E-state index in [1.807, 2.05) is 47.4 Å². The van der Waals surface area contributed by atoms with Gasteiger partial charge in [0.15, 0.2) is 0 Å². The standard InChI is InChI=1S/C33H41N5O4/c1-35-19-21-38(22-20-35)31(39)16-8-5-11-23-42-30-15-10-9-14-29(30)37(3)33(41)27-18-17-26(24-28(27)34)36(2)32(40)25-12-6-4-7-13-25/h4,6-7,9-10,12-15,17-18,24H,5,8,11,16,19-23,34H2,1-3H3. The number of rotatable bonds is 11. The highest BCUT2D eigenvalue weighted by atomic mass is 16.5.